The molecule has 1 N–H and O–H groups in total. The van der Waals surface area contributed by atoms with Crippen LogP contribution < -0.4 is 10.1 Å². The van der Waals surface area contributed by atoms with Gasteiger partial charge in [0, 0.05) is 10.0 Å². The van der Waals surface area contributed by atoms with E-state index in [0.29, 0.717) is 16.4 Å². The fraction of sp³-hybridized carbons (Fsp3) is 0.0556. The Balaban J connectivity index is 1.89. The molecule has 1 heterocycles. The number of hydrogen-bond acceptors (Lipinski definition) is 5. The van der Waals surface area contributed by atoms with Crippen LogP contribution in [0.3, 0.4) is 0 Å². The first kappa shape index (κ1) is 17.1. The van der Waals surface area contributed by atoms with Gasteiger partial charge in [0.1, 0.15) is 17.4 Å². The number of rotatable bonds is 4. The van der Waals surface area contributed by atoms with Crippen LogP contribution in [0.1, 0.15) is 5.56 Å². The number of carbonyl (C=O) groups excluding carboxylic acids is 1. The number of carbonyl (C=O) groups is 1. The van der Waals surface area contributed by atoms with Gasteiger partial charge in [-0.05, 0) is 36.4 Å². The van der Waals surface area contributed by atoms with Gasteiger partial charge in [-0.25, -0.2) is 4.98 Å². The van der Waals surface area contributed by atoms with Crippen molar-refractivity contribution in [3.05, 3.63) is 58.1 Å². The highest BCUT2D eigenvalue weighted by molar-refractivity contribution is 9.10. The lowest BCUT2D eigenvalue weighted by Gasteiger charge is -2.06. The summed E-state index contributed by atoms with van der Waals surface area (Å²) in [7, 11) is 1.54. The van der Waals surface area contributed by atoms with Crippen molar-refractivity contribution in [2.75, 3.05) is 12.4 Å². The van der Waals surface area contributed by atoms with E-state index in [1.54, 1.807) is 12.1 Å². The van der Waals surface area contributed by atoms with E-state index < -0.39 is 5.91 Å². The molecule has 0 spiro atoms. The van der Waals surface area contributed by atoms with E-state index in [0.717, 1.165) is 14.7 Å². The van der Waals surface area contributed by atoms with Gasteiger partial charge in [-0.2, -0.15) is 5.26 Å². The SMILES string of the molecule is COc1ccc(Br)cc1/C=C(\C#N)C(=O)Nc1nc2ccccc2s1. The number of amides is 1. The van der Waals surface area contributed by atoms with E-state index in [4.69, 9.17) is 4.74 Å². The Hall–Kier alpha value is -2.69. The largest absolute Gasteiger partial charge is 0.496 e. The minimum absolute atomic E-state index is 0.0318. The highest BCUT2D eigenvalue weighted by Crippen LogP contribution is 2.27. The number of ether oxygens (including phenoxy) is 1. The molecule has 3 rings (SSSR count). The Labute approximate surface area is 156 Å². The summed E-state index contributed by atoms with van der Waals surface area (Å²) in [6.07, 6.45) is 1.49. The Bertz CT molecular complexity index is 988. The number of thiazole rings is 1. The number of anilines is 1. The van der Waals surface area contributed by atoms with Crippen molar-refractivity contribution in [2.45, 2.75) is 0 Å². The van der Waals surface area contributed by atoms with E-state index in [1.807, 2.05) is 36.4 Å². The molecule has 0 atom stereocenters. The van der Waals surface area contributed by atoms with Crippen molar-refractivity contribution in [1.82, 2.24) is 4.98 Å². The highest BCUT2D eigenvalue weighted by atomic mass is 79.9. The summed E-state index contributed by atoms with van der Waals surface area (Å²) in [5.74, 6) is 0.0623. The van der Waals surface area contributed by atoms with E-state index in [9.17, 15) is 10.1 Å². The van der Waals surface area contributed by atoms with Gasteiger partial charge in [0.15, 0.2) is 5.13 Å². The molecule has 1 amide bonds. The topological polar surface area (TPSA) is 75.0 Å². The second kappa shape index (κ2) is 7.47. The Kier molecular flexibility index (Phi) is 5.12. The minimum atomic E-state index is -0.511. The van der Waals surface area contributed by atoms with Gasteiger partial charge in [-0.15, -0.1) is 0 Å². The summed E-state index contributed by atoms with van der Waals surface area (Å²) in [5.41, 5.74) is 1.41. The van der Waals surface area contributed by atoms with Gasteiger partial charge >= 0.3 is 0 Å². The molecule has 0 fully saturated rings. The number of hydrogen-bond donors (Lipinski definition) is 1. The van der Waals surface area contributed by atoms with Crippen molar-refractivity contribution in [2.24, 2.45) is 0 Å². The molecule has 7 heteroatoms. The maximum atomic E-state index is 12.4. The van der Waals surface area contributed by atoms with Gasteiger partial charge in [0.2, 0.25) is 0 Å². The summed E-state index contributed by atoms with van der Waals surface area (Å²) in [6, 6.07) is 14.9. The van der Waals surface area contributed by atoms with E-state index in [2.05, 4.69) is 26.2 Å². The van der Waals surface area contributed by atoms with Gasteiger partial charge in [-0.1, -0.05) is 39.4 Å². The Morgan fingerprint density at radius 1 is 1.36 bits per heavy atom. The van der Waals surface area contributed by atoms with Crippen LogP contribution in [0.4, 0.5) is 5.13 Å². The molecule has 0 aliphatic heterocycles. The number of halogens is 1. The molecule has 0 unspecified atom stereocenters. The average Bonchev–Trinajstić information content (AvgIpc) is 3.01. The maximum Gasteiger partial charge on any atom is 0.268 e. The molecular formula is C18H12BrN3O2S. The minimum Gasteiger partial charge on any atom is -0.496 e. The molecule has 0 aliphatic carbocycles. The zero-order chi connectivity index (χ0) is 17.8. The number of nitrogens with zero attached hydrogens (tertiary/aromatic N) is 2. The van der Waals surface area contributed by atoms with E-state index in [1.165, 1.54) is 24.5 Å². The maximum absolute atomic E-state index is 12.4. The van der Waals surface area contributed by atoms with Crippen LogP contribution in [-0.2, 0) is 4.79 Å². The Morgan fingerprint density at radius 2 is 2.16 bits per heavy atom. The second-order valence-corrected chi connectivity index (χ2v) is 6.94. The monoisotopic (exact) mass is 413 g/mol. The Morgan fingerprint density at radius 3 is 2.88 bits per heavy atom. The quantitative estimate of drug-likeness (QED) is 0.500. The van der Waals surface area contributed by atoms with Crippen LogP contribution in [0.5, 0.6) is 5.75 Å². The van der Waals surface area contributed by atoms with Crippen LogP contribution >= 0.6 is 27.3 Å². The van der Waals surface area contributed by atoms with Gasteiger partial charge in [-0.3, -0.25) is 10.1 Å². The fourth-order valence-electron chi connectivity index (χ4n) is 2.21. The number of nitrogens with one attached hydrogen (secondary N) is 1. The normalized spacial score (nSPS) is 11.2. The van der Waals surface area contributed by atoms with Crippen LogP contribution in [0.2, 0.25) is 0 Å². The molecule has 3 aromatic rings. The molecule has 0 aliphatic rings. The standard InChI is InChI=1S/C18H12BrN3O2S/c1-24-15-7-6-13(19)9-11(15)8-12(10-20)17(23)22-18-21-14-4-2-3-5-16(14)25-18/h2-9H,1H3,(H,21,22,23)/b12-8+. The number of fused-ring (bicyclic) bond motifs is 1. The summed E-state index contributed by atoms with van der Waals surface area (Å²) < 4.78 is 7.06. The van der Waals surface area contributed by atoms with Crippen molar-refractivity contribution >= 4 is 54.6 Å². The summed E-state index contributed by atoms with van der Waals surface area (Å²) in [5, 5.41) is 12.5. The number of para-hydroxylation sites is 1. The zero-order valence-corrected chi connectivity index (χ0v) is 15.5. The first-order chi connectivity index (χ1) is 12.1. The van der Waals surface area contributed by atoms with Gasteiger partial charge < -0.3 is 4.74 Å². The molecule has 124 valence electrons. The number of methoxy groups -OCH3 is 1. The van der Waals surface area contributed by atoms with Crippen molar-refractivity contribution in [3.8, 4) is 11.8 Å². The molecule has 0 bridgehead atoms. The molecule has 2 aromatic carbocycles. The molecule has 0 saturated carbocycles. The molecule has 5 nitrogen and oxygen atoms in total. The summed E-state index contributed by atoms with van der Waals surface area (Å²) in [4.78, 5) is 16.8. The lowest BCUT2D eigenvalue weighted by atomic mass is 10.1. The summed E-state index contributed by atoms with van der Waals surface area (Å²) in [6.45, 7) is 0. The number of nitriles is 1. The van der Waals surface area contributed by atoms with Crippen LogP contribution in [-0.4, -0.2) is 18.0 Å². The second-order valence-electron chi connectivity index (χ2n) is 5.00. The zero-order valence-electron chi connectivity index (χ0n) is 13.1. The van der Waals surface area contributed by atoms with Gasteiger partial charge in [0.25, 0.3) is 5.91 Å². The fourth-order valence-corrected chi connectivity index (χ4v) is 3.45. The van der Waals surface area contributed by atoms with Crippen LogP contribution in [0.25, 0.3) is 16.3 Å². The van der Waals surface area contributed by atoms with Crippen molar-refractivity contribution in [3.63, 3.8) is 0 Å². The van der Waals surface area contributed by atoms with E-state index >= 15 is 0 Å². The molecule has 1 aromatic heterocycles. The lowest BCUT2D eigenvalue weighted by molar-refractivity contribution is -0.112. The predicted molar refractivity (Wildman–Crippen MR) is 103 cm³/mol. The highest BCUT2D eigenvalue weighted by Gasteiger charge is 2.13. The average molecular weight is 414 g/mol. The lowest BCUT2D eigenvalue weighted by Crippen LogP contribution is -2.13. The third kappa shape index (κ3) is 3.87. The summed E-state index contributed by atoms with van der Waals surface area (Å²) >= 11 is 4.73. The van der Waals surface area contributed by atoms with Crippen molar-refractivity contribution < 1.29 is 9.53 Å². The van der Waals surface area contributed by atoms with E-state index in [-0.39, 0.29) is 5.57 Å². The number of aromatic nitrogens is 1. The molecule has 0 radical (unpaired) electrons. The molecule has 25 heavy (non-hydrogen) atoms. The number of benzene rings is 2. The first-order valence-electron chi connectivity index (χ1n) is 7.23. The van der Waals surface area contributed by atoms with Gasteiger partial charge in [0.05, 0.1) is 17.3 Å². The molecule has 0 saturated heterocycles. The predicted octanol–water partition coefficient (Wildman–Crippen LogP) is 4.61. The van der Waals surface area contributed by atoms with Crippen molar-refractivity contribution in [1.29, 1.82) is 5.26 Å². The third-order valence-electron chi connectivity index (χ3n) is 3.37. The van der Waals surface area contributed by atoms with Crippen LogP contribution in [0.15, 0.2) is 52.5 Å². The van der Waals surface area contributed by atoms with Crippen LogP contribution in [0, 0.1) is 11.3 Å². The molecular weight excluding hydrogens is 402 g/mol. The first-order valence-corrected chi connectivity index (χ1v) is 8.84. The third-order valence-corrected chi connectivity index (χ3v) is 4.82. The smallest absolute Gasteiger partial charge is 0.268 e.